The number of ketones is 1. The summed E-state index contributed by atoms with van der Waals surface area (Å²) >= 11 is 5.35. The van der Waals surface area contributed by atoms with Crippen molar-refractivity contribution in [1.82, 2.24) is 4.98 Å². The molecule has 2 aliphatic rings. The average molecular weight is 342 g/mol. The minimum Gasteiger partial charge on any atom is -0.374 e. The zero-order chi connectivity index (χ0) is 13.3. The average Bonchev–Trinajstić information content (AvgIpc) is 2.86. The van der Waals surface area contributed by atoms with Crippen LogP contribution in [0.3, 0.4) is 0 Å². The van der Waals surface area contributed by atoms with Crippen LogP contribution in [0.4, 0.5) is 0 Å². The van der Waals surface area contributed by atoms with Crippen LogP contribution in [-0.4, -0.2) is 34.5 Å². The maximum atomic E-state index is 12.6. The summed E-state index contributed by atoms with van der Waals surface area (Å²) in [5.74, 6) is 2.39. The maximum absolute atomic E-state index is 12.6. The van der Waals surface area contributed by atoms with Crippen molar-refractivity contribution in [2.24, 2.45) is 5.92 Å². The van der Waals surface area contributed by atoms with E-state index < -0.39 is 0 Å². The van der Waals surface area contributed by atoms with Gasteiger partial charge in [0.05, 0.1) is 5.60 Å². The predicted molar refractivity (Wildman–Crippen MR) is 79.6 cm³/mol. The highest BCUT2D eigenvalue weighted by atomic mass is 79.9. The molecule has 0 aliphatic carbocycles. The largest absolute Gasteiger partial charge is 0.374 e. The van der Waals surface area contributed by atoms with Gasteiger partial charge in [-0.05, 0) is 53.1 Å². The Labute approximate surface area is 125 Å². The summed E-state index contributed by atoms with van der Waals surface area (Å²) in [6, 6.07) is 3.71. The highest BCUT2D eigenvalue weighted by molar-refractivity contribution is 9.10. The Morgan fingerprint density at radius 3 is 3.21 bits per heavy atom. The van der Waals surface area contributed by atoms with Gasteiger partial charge in [-0.3, -0.25) is 9.78 Å². The van der Waals surface area contributed by atoms with Gasteiger partial charge in [-0.1, -0.05) is 0 Å². The number of aromatic nitrogens is 1. The summed E-state index contributed by atoms with van der Waals surface area (Å²) in [4.78, 5) is 16.8. The molecule has 0 saturated carbocycles. The van der Waals surface area contributed by atoms with E-state index in [0.717, 1.165) is 35.2 Å². The topological polar surface area (TPSA) is 39.2 Å². The molecule has 3 nitrogen and oxygen atoms in total. The van der Waals surface area contributed by atoms with E-state index >= 15 is 0 Å². The van der Waals surface area contributed by atoms with Crippen LogP contribution in [0.2, 0.25) is 0 Å². The van der Waals surface area contributed by atoms with Gasteiger partial charge in [-0.2, -0.15) is 11.8 Å². The summed E-state index contributed by atoms with van der Waals surface area (Å²) in [5, 5.41) is 0. The molecule has 0 N–H and O–H groups in total. The van der Waals surface area contributed by atoms with E-state index in [2.05, 4.69) is 20.9 Å². The number of hydrogen-bond acceptors (Lipinski definition) is 4. The minimum atomic E-state index is -0.0511. The fourth-order valence-corrected chi connectivity index (χ4v) is 4.70. The Kier molecular flexibility index (Phi) is 3.96. The quantitative estimate of drug-likeness (QED) is 0.773. The van der Waals surface area contributed by atoms with Crippen LogP contribution in [0, 0.1) is 5.92 Å². The van der Waals surface area contributed by atoms with Gasteiger partial charge in [0.2, 0.25) is 0 Å². The maximum Gasteiger partial charge on any atom is 0.185 e. The molecule has 102 valence electrons. The van der Waals surface area contributed by atoms with Crippen molar-refractivity contribution in [2.45, 2.75) is 24.9 Å². The molecule has 3 heterocycles. The normalized spacial score (nSPS) is 30.7. The highest BCUT2D eigenvalue weighted by Crippen LogP contribution is 2.41. The van der Waals surface area contributed by atoms with Crippen LogP contribution in [0.15, 0.2) is 22.8 Å². The van der Waals surface area contributed by atoms with Gasteiger partial charge in [-0.25, -0.2) is 0 Å². The lowest BCUT2D eigenvalue weighted by Crippen LogP contribution is -2.42. The lowest BCUT2D eigenvalue weighted by atomic mass is 9.82. The van der Waals surface area contributed by atoms with Crippen molar-refractivity contribution < 1.29 is 9.53 Å². The Hall–Kier alpha value is -0.390. The summed E-state index contributed by atoms with van der Waals surface area (Å²) in [6.45, 7) is 0.696. The van der Waals surface area contributed by atoms with E-state index in [4.69, 9.17) is 4.74 Å². The molecule has 5 heteroatoms. The number of nitrogens with zero attached hydrogens (tertiary/aromatic N) is 1. The number of hydrogen-bond donors (Lipinski definition) is 0. The van der Waals surface area contributed by atoms with Crippen LogP contribution >= 0.6 is 27.7 Å². The van der Waals surface area contributed by atoms with Crippen molar-refractivity contribution in [3.05, 3.63) is 28.5 Å². The third-order valence-electron chi connectivity index (χ3n) is 3.92. The Morgan fingerprint density at radius 2 is 2.47 bits per heavy atom. The SMILES string of the molecule is O=C(c1ncccc1Br)C1CCOC2(CCSC2)C1. The number of carbonyl (C=O) groups excluding carboxylic acids is 1. The number of halogens is 1. The predicted octanol–water partition coefficient (Wildman–Crippen LogP) is 3.33. The molecule has 2 saturated heterocycles. The second-order valence-corrected chi connectivity index (χ2v) is 7.18. The first-order chi connectivity index (χ1) is 9.20. The molecule has 0 aromatic carbocycles. The van der Waals surface area contributed by atoms with Gasteiger partial charge in [0, 0.05) is 28.9 Å². The molecule has 2 atom stereocenters. The van der Waals surface area contributed by atoms with E-state index in [1.807, 2.05) is 23.9 Å². The molecular weight excluding hydrogens is 326 g/mol. The third-order valence-corrected chi connectivity index (χ3v) is 5.79. The summed E-state index contributed by atoms with van der Waals surface area (Å²) in [6.07, 6.45) is 4.42. The minimum absolute atomic E-state index is 0.0511. The number of ether oxygens (including phenoxy) is 1. The van der Waals surface area contributed by atoms with E-state index in [1.165, 1.54) is 0 Å². The van der Waals surface area contributed by atoms with Crippen molar-refractivity contribution in [3.63, 3.8) is 0 Å². The standard InChI is InChI=1S/C14H16BrNO2S/c15-11-2-1-5-16-12(11)13(17)10-3-6-18-14(8-10)4-7-19-9-14/h1-2,5,10H,3-4,6-9H2. The molecule has 2 fully saturated rings. The van der Waals surface area contributed by atoms with Crippen molar-refractivity contribution >= 4 is 33.5 Å². The smallest absolute Gasteiger partial charge is 0.185 e. The van der Waals surface area contributed by atoms with Crippen molar-refractivity contribution in [3.8, 4) is 0 Å². The number of thioether (sulfide) groups is 1. The van der Waals surface area contributed by atoms with E-state index in [1.54, 1.807) is 6.20 Å². The van der Waals surface area contributed by atoms with Crippen LogP contribution in [-0.2, 0) is 4.74 Å². The summed E-state index contributed by atoms with van der Waals surface area (Å²) in [7, 11) is 0. The molecule has 1 aromatic heterocycles. The lowest BCUT2D eigenvalue weighted by Gasteiger charge is -2.37. The zero-order valence-electron chi connectivity index (χ0n) is 10.6. The summed E-state index contributed by atoms with van der Waals surface area (Å²) < 4.78 is 6.76. The Morgan fingerprint density at radius 1 is 1.58 bits per heavy atom. The van der Waals surface area contributed by atoms with Crippen LogP contribution in [0.25, 0.3) is 0 Å². The first-order valence-corrected chi connectivity index (χ1v) is 8.51. The van der Waals surface area contributed by atoms with Crippen LogP contribution in [0.1, 0.15) is 29.8 Å². The Bertz CT molecular complexity index is 488. The molecule has 1 spiro atoms. The number of rotatable bonds is 2. The molecule has 19 heavy (non-hydrogen) atoms. The molecule has 3 rings (SSSR count). The lowest BCUT2D eigenvalue weighted by molar-refractivity contribution is -0.0735. The van der Waals surface area contributed by atoms with Gasteiger partial charge in [-0.15, -0.1) is 0 Å². The van der Waals surface area contributed by atoms with Crippen LogP contribution in [0.5, 0.6) is 0 Å². The first-order valence-electron chi connectivity index (χ1n) is 6.57. The highest BCUT2D eigenvalue weighted by Gasteiger charge is 2.42. The van der Waals surface area contributed by atoms with E-state index in [9.17, 15) is 4.79 Å². The van der Waals surface area contributed by atoms with Gasteiger partial charge < -0.3 is 4.74 Å². The number of carbonyl (C=O) groups is 1. The molecule has 1 aromatic rings. The molecule has 2 unspecified atom stereocenters. The van der Waals surface area contributed by atoms with Gasteiger partial charge in [0.1, 0.15) is 5.69 Å². The van der Waals surface area contributed by atoms with Crippen molar-refractivity contribution in [2.75, 3.05) is 18.1 Å². The Balaban J connectivity index is 1.78. The molecule has 0 radical (unpaired) electrons. The second-order valence-electron chi connectivity index (χ2n) is 5.22. The van der Waals surface area contributed by atoms with Gasteiger partial charge >= 0.3 is 0 Å². The molecule has 0 amide bonds. The van der Waals surface area contributed by atoms with Gasteiger partial charge in [0.25, 0.3) is 0 Å². The zero-order valence-corrected chi connectivity index (χ0v) is 13.0. The van der Waals surface area contributed by atoms with Crippen LogP contribution < -0.4 is 0 Å². The number of pyridine rings is 1. The van der Waals surface area contributed by atoms with Crippen molar-refractivity contribution in [1.29, 1.82) is 0 Å². The first kappa shape index (κ1) is 13.6. The fraction of sp³-hybridized carbons (Fsp3) is 0.571. The molecule has 0 bridgehead atoms. The monoisotopic (exact) mass is 341 g/mol. The van der Waals surface area contributed by atoms with Gasteiger partial charge in [0.15, 0.2) is 5.78 Å². The molecular formula is C14H16BrNO2S. The fourth-order valence-electron chi connectivity index (χ4n) is 2.88. The summed E-state index contributed by atoms with van der Waals surface area (Å²) in [5.41, 5.74) is 0.514. The number of Topliss-reactive ketones (excluding diaryl/α,β-unsaturated/α-hetero) is 1. The van der Waals surface area contributed by atoms with E-state index in [-0.39, 0.29) is 17.3 Å². The van der Waals surface area contributed by atoms with E-state index in [0.29, 0.717) is 12.3 Å². The third kappa shape index (κ3) is 2.73. The molecule has 2 aliphatic heterocycles. The second kappa shape index (κ2) is 5.54.